The van der Waals surface area contributed by atoms with Gasteiger partial charge in [-0.3, -0.25) is 9.59 Å². The summed E-state index contributed by atoms with van der Waals surface area (Å²) in [6.45, 7) is 11.1. The summed E-state index contributed by atoms with van der Waals surface area (Å²) >= 11 is 0. The predicted molar refractivity (Wildman–Crippen MR) is 165 cm³/mol. The van der Waals surface area contributed by atoms with Crippen molar-refractivity contribution in [1.82, 2.24) is 10.2 Å². The Kier molecular flexibility index (Phi) is 11.1. The molecule has 3 amide bonds. The van der Waals surface area contributed by atoms with Crippen LogP contribution in [0.5, 0.6) is 5.75 Å². The van der Waals surface area contributed by atoms with Gasteiger partial charge in [-0.25, -0.2) is 4.79 Å². The van der Waals surface area contributed by atoms with Crippen LogP contribution in [0.2, 0.25) is 0 Å². The molecule has 3 atom stereocenters. The number of rotatable bonds is 11. The molecule has 224 valence electrons. The zero-order valence-electron chi connectivity index (χ0n) is 25.6. The van der Waals surface area contributed by atoms with Crippen molar-refractivity contribution in [2.45, 2.75) is 78.1 Å². The molecule has 8 heteroatoms. The summed E-state index contributed by atoms with van der Waals surface area (Å²) in [5, 5.41) is 5.80. The van der Waals surface area contributed by atoms with Crippen molar-refractivity contribution in [2.75, 3.05) is 12.4 Å². The number of methoxy groups -OCH3 is 1. The maximum Gasteiger partial charge on any atom is 0.408 e. The maximum atomic E-state index is 14.6. The quantitative estimate of drug-likeness (QED) is 0.275. The van der Waals surface area contributed by atoms with E-state index < -0.39 is 23.8 Å². The standard InChI is InChI=1S/C34H43N3O5/c1-8-24(3)37(32(39)29(22-25-15-10-9-11-16-25)36-33(40)42-34(4,5)6)30(28-17-13-12-14-23(28)2)31(38)35-26-18-20-27(41-7)21-19-26/h9-21,24,29-30H,8,22H2,1-7H3,(H,35,38)(H,36,40). The number of amides is 3. The molecule has 0 bridgehead atoms. The highest BCUT2D eigenvalue weighted by atomic mass is 16.6. The van der Waals surface area contributed by atoms with Crippen LogP contribution in [0.25, 0.3) is 0 Å². The van der Waals surface area contributed by atoms with Crippen LogP contribution >= 0.6 is 0 Å². The van der Waals surface area contributed by atoms with E-state index in [-0.39, 0.29) is 24.3 Å². The number of benzene rings is 3. The minimum absolute atomic E-state index is 0.229. The second-order valence-corrected chi connectivity index (χ2v) is 11.4. The number of hydrogen-bond donors (Lipinski definition) is 2. The van der Waals surface area contributed by atoms with Gasteiger partial charge in [-0.2, -0.15) is 0 Å². The lowest BCUT2D eigenvalue weighted by molar-refractivity contribution is -0.143. The van der Waals surface area contributed by atoms with Crippen molar-refractivity contribution in [3.8, 4) is 5.75 Å². The van der Waals surface area contributed by atoms with Crippen LogP contribution in [0, 0.1) is 6.92 Å². The van der Waals surface area contributed by atoms with Gasteiger partial charge in [0.05, 0.1) is 7.11 Å². The minimum Gasteiger partial charge on any atom is -0.497 e. The summed E-state index contributed by atoms with van der Waals surface area (Å²) in [7, 11) is 1.58. The Balaban J connectivity index is 2.07. The topological polar surface area (TPSA) is 97.0 Å². The number of nitrogens with zero attached hydrogens (tertiary/aromatic N) is 1. The molecule has 0 saturated carbocycles. The smallest absolute Gasteiger partial charge is 0.408 e. The molecule has 0 heterocycles. The Morgan fingerprint density at radius 1 is 0.905 bits per heavy atom. The number of ether oxygens (including phenoxy) is 2. The number of aryl methyl sites for hydroxylation is 1. The van der Waals surface area contributed by atoms with E-state index in [1.165, 1.54) is 0 Å². The highest BCUT2D eigenvalue weighted by Gasteiger charge is 2.39. The van der Waals surface area contributed by atoms with E-state index in [9.17, 15) is 14.4 Å². The monoisotopic (exact) mass is 573 g/mol. The number of anilines is 1. The first-order chi connectivity index (χ1) is 19.9. The Morgan fingerprint density at radius 3 is 2.10 bits per heavy atom. The van der Waals surface area contributed by atoms with Gasteiger partial charge in [0, 0.05) is 18.2 Å². The highest BCUT2D eigenvalue weighted by molar-refractivity contribution is 5.99. The first kappa shape index (κ1) is 32.2. The van der Waals surface area contributed by atoms with Gasteiger partial charge in [0.25, 0.3) is 5.91 Å². The van der Waals surface area contributed by atoms with Gasteiger partial charge < -0.3 is 25.0 Å². The first-order valence-corrected chi connectivity index (χ1v) is 14.3. The Labute approximate surface area is 249 Å². The lowest BCUT2D eigenvalue weighted by Crippen LogP contribution is -2.55. The summed E-state index contributed by atoms with van der Waals surface area (Å²) in [4.78, 5) is 43.3. The molecule has 0 spiro atoms. The van der Waals surface area contributed by atoms with E-state index >= 15 is 0 Å². The zero-order valence-corrected chi connectivity index (χ0v) is 25.6. The van der Waals surface area contributed by atoms with Crippen molar-refractivity contribution in [3.63, 3.8) is 0 Å². The third-order valence-electron chi connectivity index (χ3n) is 6.96. The van der Waals surface area contributed by atoms with E-state index in [2.05, 4.69) is 10.6 Å². The normalized spacial score (nSPS) is 13.3. The average molecular weight is 574 g/mol. The molecular weight excluding hydrogens is 530 g/mol. The molecular formula is C34H43N3O5. The highest BCUT2D eigenvalue weighted by Crippen LogP contribution is 2.30. The summed E-state index contributed by atoms with van der Waals surface area (Å²) in [5.74, 6) is -0.0760. The van der Waals surface area contributed by atoms with E-state index in [0.717, 1.165) is 11.1 Å². The number of alkyl carbamates (subject to hydrolysis) is 1. The van der Waals surface area contributed by atoms with E-state index in [4.69, 9.17) is 9.47 Å². The van der Waals surface area contributed by atoms with Crippen LogP contribution in [-0.2, 0) is 20.7 Å². The van der Waals surface area contributed by atoms with Gasteiger partial charge >= 0.3 is 6.09 Å². The van der Waals surface area contributed by atoms with Crippen molar-refractivity contribution in [2.24, 2.45) is 0 Å². The third kappa shape index (κ3) is 8.83. The lowest BCUT2D eigenvalue weighted by Gasteiger charge is -2.38. The molecule has 0 aliphatic heterocycles. The largest absolute Gasteiger partial charge is 0.497 e. The molecule has 2 N–H and O–H groups in total. The van der Waals surface area contributed by atoms with Crippen molar-refractivity contribution in [1.29, 1.82) is 0 Å². The molecule has 3 unspecified atom stereocenters. The Hall–Kier alpha value is -4.33. The molecule has 42 heavy (non-hydrogen) atoms. The minimum atomic E-state index is -0.975. The van der Waals surface area contributed by atoms with Gasteiger partial charge in [0.2, 0.25) is 5.91 Å². The van der Waals surface area contributed by atoms with Crippen molar-refractivity contribution in [3.05, 3.63) is 95.6 Å². The second kappa shape index (κ2) is 14.5. The molecule has 0 fully saturated rings. The Bertz CT molecular complexity index is 1340. The molecule has 3 aromatic carbocycles. The Morgan fingerprint density at radius 2 is 1.52 bits per heavy atom. The van der Waals surface area contributed by atoms with Gasteiger partial charge in [-0.05, 0) is 82.0 Å². The molecule has 0 radical (unpaired) electrons. The van der Waals surface area contributed by atoms with Crippen LogP contribution in [0.3, 0.4) is 0 Å². The van der Waals surface area contributed by atoms with Crippen molar-refractivity contribution >= 4 is 23.6 Å². The molecule has 8 nitrogen and oxygen atoms in total. The molecule has 0 aliphatic rings. The van der Waals surface area contributed by atoms with Crippen LogP contribution < -0.4 is 15.4 Å². The van der Waals surface area contributed by atoms with Gasteiger partial charge in [-0.1, -0.05) is 61.5 Å². The molecule has 0 aliphatic carbocycles. The number of carbonyl (C=O) groups excluding carboxylic acids is 3. The lowest BCUT2D eigenvalue weighted by atomic mass is 9.95. The molecule has 3 rings (SSSR count). The SMILES string of the molecule is CCC(C)N(C(=O)C(Cc1ccccc1)NC(=O)OC(C)(C)C)C(C(=O)Nc1ccc(OC)cc1)c1ccccc1C. The van der Waals surface area contributed by atoms with Crippen LogP contribution in [0.15, 0.2) is 78.9 Å². The second-order valence-electron chi connectivity index (χ2n) is 11.4. The first-order valence-electron chi connectivity index (χ1n) is 14.3. The molecule has 0 saturated heterocycles. The van der Waals surface area contributed by atoms with E-state index in [1.807, 2.05) is 75.4 Å². The van der Waals surface area contributed by atoms with Gasteiger partial charge in [0.15, 0.2) is 0 Å². The van der Waals surface area contributed by atoms with Crippen molar-refractivity contribution < 1.29 is 23.9 Å². The van der Waals surface area contributed by atoms with E-state index in [0.29, 0.717) is 23.4 Å². The number of hydrogen-bond acceptors (Lipinski definition) is 5. The third-order valence-corrected chi connectivity index (χ3v) is 6.96. The van der Waals surface area contributed by atoms with Crippen LogP contribution in [-0.4, -0.2) is 47.6 Å². The summed E-state index contributed by atoms with van der Waals surface area (Å²) in [5.41, 5.74) is 2.26. The maximum absolute atomic E-state index is 14.6. The molecule has 0 aromatic heterocycles. The predicted octanol–water partition coefficient (Wildman–Crippen LogP) is 6.45. The summed E-state index contributed by atoms with van der Waals surface area (Å²) in [6.07, 6.45) is 0.122. The van der Waals surface area contributed by atoms with Crippen LogP contribution in [0.4, 0.5) is 10.5 Å². The number of nitrogens with one attached hydrogen (secondary N) is 2. The van der Waals surface area contributed by atoms with Gasteiger partial charge in [0.1, 0.15) is 23.4 Å². The van der Waals surface area contributed by atoms with Gasteiger partial charge in [-0.15, -0.1) is 0 Å². The fraction of sp³-hybridized carbons (Fsp3) is 0.382. The fourth-order valence-corrected chi connectivity index (χ4v) is 4.67. The summed E-state index contributed by atoms with van der Waals surface area (Å²) in [6, 6.07) is 21.8. The van der Waals surface area contributed by atoms with E-state index in [1.54, 1.807) is 57.0 Å². The summed E-state index contributed by atoms with van der Waals surface area (Å²) < 4.78 is 10.8. The zero-order chi connectivity index (χ0) is 30.9. The van der Waals surface area contributed by atoms with Crippen LogP contribution in [0.1, 0.15) is 63.8 Å². The number of carbonyl (C=O) groups is 3. The average Bonchev–Trinajstić information content (AvgIpc) is 2.95. The fourth-order valence-electron chi connectivity index (χ4n) is 4.67. The molecule has 3 aromatic rings.